The molecule has 2 rings (SSSR count). The lowest BCUT2D eigenvalue weighted by molar-refractivity contribution is 0.253. The molecule has 1 aliphatic rings. The van der Waals surface area contributed by atoms with Gasteiger partial charge in [-0.25, -0.2) is 0 Å². The lowest BCUT2D eigenvalue weighted by Gasteiger charge is -2.36. The molecule has 1 aromatic carbocycles. The Labute approximate surface area is 115 Å². The molecule has 100 valence electrons. The summed E-state index contributed by atoms with van der Waals surface area (Å²) < 4.78 is 0. The summed E-state index contributed by atoms with van der Waals surface area (Å²) >= 11 is 6.23. The van der Waals surface area contributed by atoms with Crippen LogP contribution >= 0.6 is 11.6 Å². The maximum atomic E-state index is 6.23. The van der Waals surface area contributed by atoms with E-state index >= 15 is 0 Å². The molecular formula is C14H22ClN3. The van der Waals surface area contributed by atoms with Crippen LogP contribution in [0.15, 0.2) is 24.3 Å². The minimum absolute atomic E-state index is 0.805. The number of hydrogen-bond acceptors (Lipinski definition) is 3. The van der Waals surface area contributed by atoms with E-state index in [9.17, 15) is 0 Å². The number of nitrogens with zero attached hydrogens (tertiary/aromatic N) is 2. The van der Waals surface area contributed by atoms with Crippen molar-refractivity contribution in [2.24, 2.45) is 5.73 Å². The second kappa shape index (κ2) is 6.98. The summed E-state index contributed by atoms with van der Waals surface area (Å²) in [4.78, 5) is 4.89. The number of para-hydroxylation sites is 1. The Balaban J connectivity index is 1.81. The second-order valence-corrected chi connectivity index (χ2v) is 5.18. The third kappa shape index (κ3) is 3.61. The van der Waals surface area contributed by atoms with Crippen LogP contribution in [0.3, 0.4) is 0 Å². The molecule has 0 aliphatic carbocycles. The molecule has 3 nitrogen and oxygen atoms in total. The summed E-state index contributed by atoms with van der Waals surface area (Å²) in [5.74, 6) is 0. The number of benzene rings is 1. The van der Waals surface area contributed by atoms with Crippen LogP contribution in [0.1, 0.15) is 12.8 Å². The number of halogens is 1. The molecule has 0 saturated carbocycles. The summed E-state index contributed by atoms with van der Waals surface area (Å²) in [6.45, 7) is 6.34. The van der Waals surface area contributed by atoms with Gasteiger partial charge in [0.05, 0.1) is 10.7 Å². The van der Waals surface area contributed by atoms with E-state index in [0.717, 1.165) is 44.2 Å². The van der Waals surface area contributed by atoms with Crippen molar-refractivity contribution in [2.45, 2.75) is 12.8 Å². The summed E-state index contributed by atoms with van der Waals surface area (Å²) in [6, 6.07) is 8.10. The Kier molecular flexibility index (Phi) is 5.29. The highest BCUT2D eigenvalue weighted by molar-refractivity contribution is 6.33. The van der Waals surface area contributed by atoms with E-state index in [-0.39, 0.29) is 0 Å². The molecule has 0 spiro atoms. The fraction of sp³-hybridized carbons (Fsp3) is 0.571. The topological polar surface area (TPSA) is 32.5 Å². The zero-order chi connectivity index (χ0) is 12.8. The van der Waals surface area contributed by atoms with E-state index in [4.69, 9.17) is 17.3 Å². The normalized spacial score (nSPS) is 17.1. The van der Waals surface area contributed by atoms with Gasteiger partial charge in [0.2, 0.25) is 0 Å². The molecule has 1 heterocycles. The predicted octanol–water partition coefficient (Wildman–Crippen LogP) is 2.20. The van der Waals surface area contributed by atoms with E-state index in [1.54, 1.807) is 0 Å². The molecule has 18 heavy (non-hydrogen) atoms. The lowest BCUT2D eigenvalue weighted by atomic mass is 10.2. The summed E-state index contributed by atoms with van der Waals surface area (Å²) in [7, 11) is 0. The predicted molar refractivity (Wildman–Crippen MR) is 78.4 cm³/mol. The highest BCUT2D eigenvalue weighted by atomic mass is 35.5. The number of rotatable bonds is 5. The highest BCUT2D eigenvalue weighted by Gasteiger charge is 2.17. The number of hydrogen-bond donors (Lipinski definition) is 1. The molecule has 0 unspecified atom stereocenters. The third-order valence-electron chi connectivity index (χ3n) is 3.49. The van der Waals surface area contributed by atoms with Gasteiger partial charge in [-0.2, -0.15) is 0 Å². The van der Waals surface area contributed by atoms with Crippen LogP contribution in [0, 0.1) is 0 Å². The zero-order valence-electron chi connectivity index (χ0n) is 10.8. The highest BCUT2D eigenvalue weighted by Crippen LogP contribution is 2.25. The molecule has 0 aromatic heterocycles. The molecule has 1 aliphatic heterocycles. The largest absolute Gasteiger partial charge is 0.368 e. The van der Waals surface area contributed by atoms with E-state index in [1.165, 1.54) is 18.7 Å². The summed E-state index contributed by atoms with van der Waals surface area (Å²) in [5, 5.41) is 0.856. The average molecular weight is 268 g/mol. The minimum Gasteiger partial charge on any atom is -0.368 e. The molecule has 0 bridgehead atoms. The van der Waals surface area contributed by atoms with Crippen LogP contribution in [-0.2, 0) is 0 Å². The van der Waals surface area contributed by atoms with Crippen molar-refractivity contribution in [1.29, 1.82) is 0 Å². The molecule has 2 N–H and O–H groups in total. The third-order valence-corrected chi connectivity index (χ3v) is 3.81. The van der Waals surface area contributed by atoms with Gasteiger partial charge >= 0.3 is 0 Å². The van der Waals surface area contributed by atoms with Crippen molar-refractivity contribution < 1.29 is 0 Å². The van der Waals surface area contributed by atoms with Gasteiger partial charge in [0.25, 0.3) is 0 Å². The van der Waals surface area contributed by atoms with Crippen LogP contribution in [0.2, 0.25) is 5.02 Å². The molecule has 0 radical (unpaired) electrons. The summed E-state index contributed by atoms with van der Waals surface area (Å²) in [5.41, 5.74) is 6.68. The van der Waals surface area contributed by atoms with Crippen LogP contribution in [0.5, 0.6) is 0 Å². The van der Waals surface area contributed by atoms with Crippen molar-refractivity contribution >= 4 is 17.3 Å². The van der Waals surface area contributed by atoms with E-state index in [1.807, 2.05) is 12.1 Å². The van der Waals surface area contributed by atoms with Crippen molar-refractivity contribution in [1.82, 2.24) is 4.90 Å². The minimum atomic E-state index is 0.805. The van der Waals surface area contributed by atoms with Gasteiger partial charge in [-0.15, -0.1) is 0 Å². The summed E-state index contributed by atoms with van der Waals surface area (Å²) in [6.07, 6.45) is 2.34. The first-order chi connectivity index (χ1) is 8.81. The Morgan fingerprint density at radius 3 is 2.44 bits per heavy atom. The van der Waals surface area contributed by atoms with Gasteiger partial charge in [-0.1, -0.05) is 23.7 Å². The number of nitrogens with two attached hydrogens (primary N) is 1. The van der Waals surface area contributed by atoms with Gasteiger partial charge in [0, 0.05) is 26.2 Å². The second-order valence-electron chi connectivity index (χ2n) is 4.78. The van der Waals surface area contributed by atoms with E-state index in [0.29, 0.717) is 0 Å². The van der Waals surface area contributed by atoms with Gasteiger partial charge in [0.1, 0.15) is 0 Å². The van der Waals surface area contributed by atoms with Gasteiger partial charge < -0.3 is 10.6 Å². The van der Waals surface area contributed by atoms with Crippen LogP contribution < -0.4 is 10.6 Å². The van der Waals surface area contributed by atoms with E-state index < -0.39 is 0 Å². The maximum Gasteiger partial charge on any atom is 0.0639 e. The van der Waals surface area contributed by atoms with Crippen LogP contribution in [-0.4, -0.2) is 44.2 Å². The number of unbranched alkanes of at least 4 members (excludes halogenated alkanes) is 1. The first kappa shape index (κ1) is 13.7. The smallest absolute Gasteiger partial charge is 0.0639 e. The molecular weight excluding hydrogens is 246 g/mol. The number of anilines is 1. The SMILES string of the molecule is NCCCCN1CCN(c2ccccc2Cl)CC1. The molecule has 0 atom stereocenters. The Bertz CT molecular complexity index is 362. The molecule has 1 aromatic rings. The van der Waals surface area contributed by atoms with Crippen molar-refractivity contribution in [3.05, 3.63) is 29.3 Å². The molecule has 1 saturated heterocycles. The fourth-order valence-electron chi connectivity index (χ4n) is 2.40. The van der Waals surface area contributed by atoms with Crippen molar-refractivity contribution in [3.8, 4) is 0 Å². The average Bonchev–Trinajstić information content (AvgIpc) is 2.41. The maximum absolute atomic E-state index is 6.23. The Hall–Kier alpha value is -0.770. The first-order valence-corrected chi connectivity index (χ1v) is 7.11. The van der Waals surface area contributed by atoms with Gasteiger partial charge in [-0.05, 0) is 38.1 Å². The van der Waals surface area contributed by atoms with Crippen molar-refractivity contribution in [2.75, 3.05) is 44.2 Å². The Morgan fingerprint density at radius 1 is 1.06 bits per heavy atom. The lowest BCUT2D eigenvalue weighted by Crippen LogP contribution is -2.46. The van der Waals surface area contributed by atoms with E-state index in [2.05, 4.69) is 21.9 Å². The molecule has 0 amide bonds. The van der Waals surface area contributed by atoms with Crippen LogP contribution in [0.25, 0.3) is 0 Å². The molecule has 1 fully saturated rings. The van der Waals surface area contributed by atoms with Crippen molar-refractivity contribution in [3.63, 3.8) is 0 Å². The fourth-order valence-corrected chi connectivity index (χ4v) is 2.66. The number of piperazine rings is 1. The first-order valence-electron chi connectivity index (χ1n) is 6.73. The zero-order valence-corrected chi connectivity index (χ0v) is 11.6. The monoisotopic (exact) mass is 267 g/mol. The standard InChI is InChI=1S/C14H22ClN3/c15-13-5-1-2-6-14(13)18-11-9-17(10-12-18)8-4-3-7-16/h1-2,5-6H,3-4,7-12,16H2. The van der Waals surface area contributed by atoms with Gasteiger partial charge in [-0.3, -0.25) is 4.90 Å². The Morgan fingerprint density at radius 2 is 1.78 bits per heavy atom. The van der Waals surface area contributed by atoms with Crippen LogP contribution in [0.4, 0.5) is 5.69 Å². The molecule has 4 heteroatoms. The van der Waals surface area contributed by atoms with Gasteiger partial charge in [0.15, 0.2) is 0 Å². The quantitative estimate of drug-likeness (QED) is 0.831.